The second-order valence-corrected chi connectivity index (χ2v) is 5.44. The molecule has 1 amide bonds. The lowest BCUT2D eigenvalue weighted by molar-refractivity contribution is -0.124. The predicted octanol–water partition coefficient (Wildman–Crippen LogP) is 0.0896. The van der Waals surface area contributed by atoms with Crippen LogP contribution in [0.3, 0.4) is 0 Å². The molecule has 0 saturated heterocycles. The van der Waals surface area contributed by atoms with E-state index in [9.17, 15) is 9.59 Å². The van der Waals surface area contributed by atoms with Crippen LogP contribution in [-0.4, -0.2) is 37.0 Å². The molecule has 1 N–H and O–H groups in total. The molecule has 0 aromatic carbocycles. The van der Waals surface area contributed by atoms with Crippen molar-refractivity contribution in [2.75, 3.05) is 6.54 Å². The topological polar surface area (TPSA) is 94.7 Å². The van der Waals surface area contributed by atoms with E-state index in [1.807, 2.05) is 0 Å². The van der Waals surface area contributed by atoms with E-state index < -0.39 is 6.04 Å². The summed E-state index contributed by atoms with van der Waals surface area (Å²) in [5, 5.41) is 11.1. The van der Waals surface area contributed by atoms with Crippen molar-refractivity contribution in [2.45, 2.75) is 38.3 Å². The van der Waals surface area contributed by atoms with Crippen LogP contribution in [0.5, 0.6) is 0 Å². The Labute approximate surface area is 127 Å². The van der Waals surface area contributed by atoms with E-state index in [0.717, 1.165) is 18.5 Å². The third kappa shape index (κ3) is 3.21. The molecular formula is C14H18N6O2. The molecule has 0 radical (unpaired) electrons. The summed E-state index contributed by atoms with van der Waals surface area (Å²) in [6.45, 7) is 2.63. The average molecular weight is 302 g/mol. The summed E-state index contributed by atoms with van der Waals surface area (Å²) >= 11 is 0. The van der Waals surface area contributed by atoms with Crippen LogP contribution >= 0.6 is 0 Å². The highest BCUT2D eigenvalue weighted by Gasteiger charge is 2.26. The van der Waals surface area contributed by atoms with Crippen molar-refractivity contribution in [3.63, 3.8) is 0 Å². The van der Waals surface area contributed by atoms with Crippen LogP contribution in [0.15, 0.2) is 29.6 Å². The Bertz CT molecular complexity index is 704. The lowest BCUT2D eigenvalue weighted by Gasteiger charge is -2.14. The maximum Gasteiger partial charge on any atom is 0.267 e. The molecular weight excluding hydrogens is 284 g/mol. The van der Waals surface area contributed by atoms with E-state index in [4.69, 9.17) is 0 Å². The number of aromatic nitrogens is 5. The van der Waals surface area contributed by atoms with Crippen LogP contribution in [0.2, 0.25) is 0 Å². The molecule has 116 valence electrons. The lowest BCUT2D eigenvalue weighted by Crippen LogP contribution is -2.38. The first kappa shape index (κ1) is 14.4. The smallest absolute Gasteiger partial charge is 0.267 e. The minimum absolute atomic E-state index is 0.234. The molecule has 1 atom stereocenters. The van der Waals surface area contributed by atoms with Crippen LogP contribution in [0.4, 0.5) is 0 Å². The fourth-order valence-electron chi connectivity index (χ4n) is 2.21. The van der Waals surface area contributed by atoms with Crippen LogP contribution in [0.25, 0.3) is 0 Å². The molecule has 0 bridgehead atoms. The summed E-state index contributed by atoms with van der Waals surface area (Å²) in [5.41, 5.74) is 0.630. The molecule has 2 aromatic rings. The number of carbonyl (C=O) groups excluding carboxylic acids is 1. The number of rotatable bonds is 6. The maximum absolute atomic E-state index is 12.2. The Kier molecular flexibility index (Phi) is 3.99. The normalized spacial score (nSPS) is 15.5. The van der Waals surface area contributed by atoms with Crippen molar-refractivity contribution in [3.05, 3.63) is 40.8 Å². The molecule has 0 spiro atoms. The minimum Gasteiger partial charge on any atom is -0.352 e. The van der Waals surface area contributed by atoms with Crippen molar-refractivity contribution in [3.8, 4) is 0 Å². The van der Waals surface area contributed by atoms with Crippen LogP contribution in [-0.2, 0) is 11.3 Å². The summed E-state index contributed by atoms with van der Waals surface area (Å²) in [6, 6.07) is 2.60. The van der Waals surface area contributed by atoms with Gasteiger partial charge in [0.15, 0.2) is 0 Å². The van der Waals surface area contributed by atoms with E-state index in [1.54, 1.807) is 24.0 Å². The monoisotopic (exact) mass is 302 g/mol. The van der Waals surface area contributed by atoms with Gasteiger partial charge in [-0.05, 0) is 25.8 Å². The molecule has 1 aliphatic rings. The zero-order valence-corrected chi connectivity index (χ0v) is 12.3. The van der Waals surface area contributed by atoms with Gasteiger partial charge in [-0.25, -0.2) is 9.67 Å². The first-order chi connectivity index (χ1) is 10.6. The van der Waals surface area contributed by atoms with Gasteiger partial charge in [-0.1, -0.05) is 0 Å². The third-order valence-corrected chi connectivity index (χ3v) is 3.69. The van der Waals surface area contributed by atoms with Gasteiger partial charge in [-0.3, -0.25) is 14.3 Å². The first-order valence-electron chi connectivity index (χ1n) is 7.35. The zero-order valence-electron chi connectivity index (χ0n) is 12.3. The van der Waals surface area contributed by atoms with E-state index in [2.05, 4.69) is 20.5 Å². The number of hydrogen-bond donors (Lipinski definition) is 1. The van der Waals surface area contributed by atoms with Gasteiger partial charge < -0.3 is 5.32 Å². The van der Waals surface area contributed by atoms with Gasteiger partial charge in [0, 0.05) is 18.5 Å². The van der Waals surface area contributed by atoms with E-state index in [0.29, 0.717) is 19.0 Å². The van der Waals surface area contributed by atoms with E-state index >= 15 is 0 Å². The minimum atomic E-state index is -0.637. The van der Waals surface area contributed by atoms with Crippen molar-refractivity contribution in [2.24, 2.45) is 0 Å². The van der Waals surface area contributed by atoms with Crippen molar-refractivity contribution in [1.82, 2.24) is 29.9 Å². The number of hydrogen-bond acceptors (Lipinski definition) is 5. The first-order valence-corrected chi connectivity index (χ1v) is 7.35. The lowest BCUT2D eigenvalue weighted by atomic mass is 10.2. The predicted molar refractivity (Wildman–Crippen MR) is 78.2 cm³/mol. The molecule has 1 saturated carbocycles. The third-order valence-electron chi connectivity index (χ3n) is 3.69. The van der Waals surface area contributed by atoms with Gasteiger partial charge >= 0.3 is 0 Å². The molecule has 1 unspecified atom stereocenters. The van der Waals surface area contributed by atoms with Crippen LogP contribution in [0, 0.1) is 0 Å². The van der Waals surface area contributed by atoms with Crippen molar-refractivity contribution in [1.29, 1.82) is 0 Å². The highest BCUT2D eigenvalue weighted by molar-refractivity contribution is 5.79. The van der Waals surface area contributed by atoms with Gasteiger partial charge in [-0.2, -0.15) is 10.2 Å². The van der Waals surface area contributed by atoms with Crippen molar-refractivity contribution >= 4 is 5.91 Å². The quantitative estimate of drug-likeness (QED) is 0.816. The SMILES string of the molecule is CC(C(=O)NCCn1cncn1)n1nc(C2CC2)ccc1=O. The fourth-order valence-corrected chi connectivity index (χ4v) is 2.21. The Hall–Kier alpha value is -2.51. The zero-order chi connectivity index (χ0) is 15.5. The largest absolute Gasteiger partial charge is 0.352 e. The second-order valence-electron chi connectivity index (χ2n) is 5.44. The average Bonchev–Trinajstić information content (AvgIpc) is 3.24. The van der Waals surface area contributed by atoms with Crippen LogP contribution in [0.1, 0.15) is 37.4 Å². The highest BCUT2D eigenvalue weighted by Crippen LogP contribution is 2.38. The number of nitrogens with one attached hydrogen (secondary N) is 1. The summed E-state index contributed by atoms with van der Waals surface area (Å²) in [6.07, 6.45) is 5.23. The van der Waals surface area contributed by atoms with Crippen LogP contribution < -0.4 is 10.9 Å². The molecule has 8 nitrogen and oxygen atoms in total. The Balaban J connectivity index is 1.62. The molecule has 8 heteroatoms. The van der Waals surface area contributed by atoms with Gasteiger partial charge in [0.25, 0.3) is 5.56 Å². The molecule has 2 heterocycles. The summed E-state index contributed by atoms with van der Waals surface area (Å²) in [7, 11) is 0. The number of carbonyl (C=O) groups is 1. The molecule has 3 rings (SSSR count). The van der Waals surface area contributed by atoms with Crippen molar-refractivity contribution < 1.29 is 4.79 Å². The maximum atomic E-state index is 12.2. The highest BCUT2D eigenvalue weighted by atomic mass is 16.2. The fraction of sp³-hybridized carbons (Fsp3) is 0.500. The van der Waals surface area contributed by atoms with Gasteiger partial charge in [0.1, 0.15) is 18.7 Å². The second kappa shape index (κ2) is 6.08. The van der Waals surface area contributed by atoms with E-state index in [1.165, 1.54) is 17.1 Å². The Morgan fingerprint density at radius 3 is 2.95 bits per heavy atom. The Morgan fingerprint density at radius 1 is 1.45 bits per heavy atom. The van der Waals surface area contributed by atoms with E-state index in [-0.39, 0.29) is 11.5 Å². The molecule has 0 aliphatic heterocycles. The molecule has 1 fully saturated rings. The molecule has 1 aliphatic carbocycles. The number of nitrogens with zero attached hydrogens (tertiary/aromatic N) is 5. The Morgan fingerprint density at radius 2 is 2.27 bits per heavy atom. The molecule has 22 heavy (non-hydrogen) atoms. The summed E-state index contributed by atoms with van der Waals surface area (Å²) in [5.74, 6) is 0.206. The number of amides is 1. The van der Waals surface area contributed by atoms with Gasteiger partial charge in [0.2, 0.25) is 5.91 Å². The summed E-state index contributed by atoms with van der Waals surface area (Å²) in [4.78, 5) is 27.9. The van der Waals surface area contributed by atoms with Gasteiger partial charge in [-0.15, -0.1) is 0 Å². The standard InChI is InChI=1S/C14H18N6O2/c1-10(14(22)16-6-7-19-9-15-8-17-19)20-13(21)5-4-12(18-20)11-2-3-11/h4-5,8-11H,2-3,6-7H2,1H3,(H,16,22). The summed E-state index contributed by atoms with van der Waals surface area (Å²) < 4.78 is 2.89. The van der Waals surface area contributed by atoms with Gasteiger partial charge in [0.05, 0.1) is 12.2 Å². The molecule has 2 aromatic heterocycles.